The smallest absolute Gasteiger partial charge is 0.339 e. The number of benzene rings is 5. The summed E-state index contributed by atoms with van der Waals surface area (Å²) in [5, 5.41) is 2.09. The van der Waals surface area contributed by atoms with Crippen molar-refractivity contribution in [3.63, 3.8) is 0 Å². The Morgan fingerprint density at radius 2 is 1.44 bits per heavy atom. The molecule has 0 N–H and O–H groups in total. The van der Waals surface area contributed by atoms with Crippen molar-refractivity contribution in [3.05, 3.63) is 138 Å². The Kier molecular flexibility index (Phi) is 7.44. The number of rotatable bonds is 6. The molecule has 0 saturated heterocycles. The molecular weight excluding hydrogens is 506 g/mol. The van der Waals surface area contributed by atoms with Crippen molar-refractivity contribution in [2.45, 2.75) is 11.8 Å². The molecule has 0 aliphatic rings. The predicted molar refractivity (Wildman–Crippen MR) is 154 cm³/mol. The van der Waals surface area contributed by atoms with Crippen molar-refractivity contribution >= 4 is 32.5 Å². The first kappa shape index (κ1) is 25.8. The van der Waals surface area contributed by atoms with Crippen molar-refractivity contribution in [3.8, 4) is 17.6 Å². The van der Waals surface area contributed by atoms with Crippen LogP contribution < -0.4 is 9.08 Å². The van der Waals surface area contributed by atoms with Gasteiger partial charge in [-0.2, -0.15) is 8.42 Å². The summed E-state index contributed by atoms with van der Waals surface area (Å²) >= 11 is 0. The Hall–Kier alpha value is -4.86. The van der Waals surface area contributed by atoms with E-state index in [9.17, 15) is 13.2 Å². The third-order valence-electron chi connectivity index (χ3n) is 6.18. The molecule has 0 bridgehead atoms. The molecule has 1 amide bonds. The Bertz CT molecular complexity index is 1800. The minimum Gasteiger partial charge on any atom is -0.377 e. The van der Waals surface area contributed by atoms with Gasteiger partial charge in [-0.1, -0.05) is 96.3 Å². The van der Waals surface area contributed by atoms with E-state index in [-0.39, 0.29) is 23.1 Å². The number of anilines is 1. The van der Waals surface area contributed by atoms with Gasteiger partial charge in [0, 0.05) is 11.1 Å². The SMILES string of the molecule is Cc1ccc(S(=O)(=O)Oc2ccccc2N(CC#Cc2cccc3ccccc23)C(=O)c2ccccc2)cc1. The number of nitrogens with zero attached hydrogens (tertiary/aromatic N) is 1. The molecule has 39 heavy (non-hydrogen) atoms. The molecule has 0 fully saturated rings. The second-order valence-corrected chi connectivity index (χ2v) is 10.5. The first-order chi connectivity index (χ1) is 18.9. The van der Waals surface area contributed by atoms with Crippen LogP contribution in [0.1, 0.15) is 21.5 Å². The van der Waals surface area contributed by atoms with E-state index in [1.165, 1.54) is 23.1 Å². The lowest BCUT2D eigenvalue weighted by Gasteiger charge is -2.23. The fourth-order valence-electron chi connectivity index (χ4n) is 4.17. The van der Waals surface area contributed by atoms with Crippen molar-refractivity contribution < 1.29 is 17.4 Å². The maximum Gasteiger partial charge on any atom is 0.339 e. The summed E-state index contributed by atoms with van der Waals surface area (Å²) in [7, 11) is -4.14. The summed E-state index contributed by atoms with van der Waals surface area (Å²) < 4.78 is 31.8. The number of hydrogen-bond donors (Lipinski definition) is 0. The maximum atomic E-state index is 13.7. The number of amides is 1. The van der Waals surface area contributed by atoms with E-state index in [0.717, 1.165) is 21.9 Å². The van der Waals surface area contributed by atoms with Gasteiger partial charge in [-0.15, -0.1) is 0 Å². The first-order valence-corrected chi connectivity index (χ1v) is 13.8. The molecule has 5 aromatic rings. The van der Waals surface area contributed by atoms with Crippen molar-refractivity contribution in [2.75, 3.05) is 11.4 Å². The van der Waals surface area contributed by atoms with E-state index in [2.05, 4.69) is 11.8 Å². The number of para-hydroxylation sites is 2. The molecule has 0 radical (unpaired) electrons. The minimum absolute atomic E-state index is 0.0158. The van der Waals surface area contributed by atoms with Gasteiger partial charge in [-0.25, -0.2) is 0 Å². The molecule has 0 spiro atoms. The fourth-order valence-corrected chi connectivity index (χ4v) is 5.12. The lowest BCUT2D eigenvalue weighted by Crippen LogP contribution is -2.32. The minimum atomic E-state index is -4.14. The van der Waals surface area contributed by atoms with Crippen LogP contribution in [-0.4, -0.2) is 20.9 Å². The van der Waals surface area contributed by atoms with E-state index in [1.54, 1.807) is 54.6 Å². The van der Waals surface area contributed by atoms with Crippen LogP contribution in [0, 0.1) is 18.8 Å². The summed E-state index contributed by atoms with van der Waals surface area (Å²) in [6, 6.07) is 35.6. The summed E-state index contributed by atoms with van der Waals surface area (Å²) in [5.74, 6) is 6.02. The molecule has 6 heteroatoms. The molecule has 5 rings (SSSR count). The Labute approximate surface area is 228 Å². The van der Waals surface area contributed by atoms with Gasteiger partial charge in [0.15, 0.2) is 5.75 Å². The Morgan fingerprint density at radius 3 is 2.23 bits per heavy atom. The highest BCUT2D eigenvalue weighted by molar-refractivity contribution is 7.87. The molecule has 0 unspecified atom stereocenters. The second-order valence-electron chi connectivity index (χ2n) is 8.90. The lowest BCUT2D eigenvalue weighted by atomic mass is 10.1. The summed E-state index contributed by atoms with van der Waals surface area (Å²) in [4.78, 5) is 15.1. The Balaban J connectivity index is 1.53. The number of aryl methyl sites for hydroxylation is 1. The van der Waals surface area contributed by atoms with Crippen molar-refractivity contribution in [2.24, 2.45) is 0 Å². The molecule has 0 aliphatic heterocycles. The van der Waals surface area contributed by atoms with E-state index in [1.807, 2.05) is 55.5 Å². The number of fused-ring (bicyclic) bond motifs is 1. The first-order valence-electron chi connectivity index (χ1n) is 12.4. The van der Waals surface area contributed by atoms with Crippen molar-refractivity contribution in [1.29, 1.82) is 0 Å². The highest BCUT2D eigenvalue weighted by atomic mass is 32.2. The van der Waals surface area contributed by atoms with Crippen molar-refractivity contribution in [1.82, 2.24) is 0 Å². The summed E-state index contributed by atoms with van der Waals surface area (Å²) in [6.45, 7) is 1.89. The van der Waals surface area contributed by atoms with Gasteiger partial charge in [0.1, 0.15) is 4.90 Å². The van der Waals surface area contributed by atoms with Crippen LogP contribution in [0.2, 0.25) is 0 Å². The lowest BCUT2D eigenvalue weighted by molar-refractivity contribution is 0.0989. The largest absolute Gasteiger partial charge is 0.377 e. The zero-order valence-electron chi connectivity index (χ0n) is 21.2. The van der Waals surface area contributed by atoms with Crippen LogP contribution in [0.3, 0.4) is 0 Å². The maximum absolute atomic E-state index is 13.7. The topological polar surface area (TPSA) is 63.7 Å². The van der Waals surface area contributed by atoms with E-state index >= 15 is 0 Å². The van der Waals surface area contributed by atoms with Gasteiger partial charge in [-0.3, -0.25) is 9.69 Å². The molecule has 0 heterocycles. The Morgan fingerprint density at radius 1 is 0.769 bits per heavy atom. The van der Waals surface area contributed by atoms with Crippen LogP contribution in [-0.2, 0) is 10.1 Å². The molecule has 5 nitrogen and oxygen atoms in total. The standard InChI is InChI=1S/C33H25NO4S/c1-25-20-22-29(23-21-25)39(36,37)38-32-19-8-7-18-31(32)34(33(35)28-12-3-2-4-13-28)24-10-16-27-15-9-14-26-11-5-6-17-30(26)27/h2-9,11-15,17-23H,24H2,1H3. The fraction of sp³-hybridized carbons (Fsp3) is 0.0606. The summed E-state index contributed by atoms with van der Waals surface area (Å²) in [5.41, 5.74) is 2.51. The van der Waals surface area contributed by atoms with Crippen LogP contribution in [0.15, 0.2) is 126 Å². The van der Waals surface area contributed by atoms with Crippen LogP contribution in [0.25, 0.3) is 10.8 Å². The van der Waals surface area contributed by atoms with Gasteiger partial charge in [0.25, 0.3) is 5.91 Å². The number of hydrogen-bond acceptors (Lipinski definition) is 4. The molecule has 5 aromatic carbocycles. The third kappa shape index (κ3) is 5.85. The average molecular weight is 532 g/mol. The van der Waals surface area contributed by atoms with Crippen LogP contribution >= 0.6 is 0 Å². The van der Waals surface area contributed by atoms with E-state index in [0.29, 0.717) is 11.3 Å². The third-order valence-corrected chi connectivity index (χ3v) is 7.43. The highest BCUT2D eigenvalue weighted by Crippen LogP contribution is 2.32. The zero-order valence-corrected chi connectivity index (χ0v) is 22.1. The average Bonchev–Trinajstić information content (AvgIpc) is 2.96. The number of carbonyl (C=O) groups is 1. The normalized spacial score (nSPS) is 10.9. The quantitative estimate of drug-likeness (QED) is 0.183. The molecule has 0 aliphatic carbocycles. The summed E-state index contributed by atoms with van der Waals surface area (Å²) in [6.07, 6.45) is 0. The second kappa shape index (κ2) is 11.3. The molecule has 0 aromatic heterocycles. The molecule has 0 saturated carbocycles. The van der Waals surface area contributed by atoms with Crippen LogP contribution in [0.5, 0.6) is 5.75 Å². The zero-order chi connectivity index (χ0) is 27.2. The van der Waals surface area contributed by atoms with Crippen LogP contribution in [0.4, 0.5) is 5.69 Å². The monoisotopic (exact) mass is 531 g/mol. The molecular formula is C33H25NO4S. The van der Waals surface area contributed by atoms with E-state index < -0.39 is 10.1 Å². The van der Waals surface area contributed by atoms with Gasteiger partial charge in [-0.05, 0) is 60.2 Å². The van der Waals surface area contributed by atoms with Gasteiger partial charge in [0.2, 0.25) is 0 Å². The predicted octanol–water partition coefficient (Wildman–Crippen LogP) is 6.61. The number of carbonyl (C=O) groups excluding carboxylic acids is 1. The van der Waals surface area contributed by atoms with Gasteiger partial charge < -0.3 is 4.18 Å². The molecule has 0 atom stereocenters. The highest BCUT2D eigenvalue weighted by Gasteiger charge is 2.24. The van der Waals surface area contributed by atoms with Gasteiger partial charge >= 0.3 is 10.1 Å². The van der Waals surface area contributed by atoms with Gasteiger partial charge in [0.05, 0.1) is 12.2 Å². The molecule has 192 valence electrons. The van der Waals surface area contributed by atoms with E-state index in [4.69, 9.17) is 4.18 Å².